The van der Waals surface area contributed by atoms with E-state index >= 15 is 0 Å². The van der Waals surface area contributed by atoms with E-state index in [1.807, 2.05) is 0 Å². The van der Waals surface area contributed by atoms with Crippen molar-refractivity contribution in [1.82, 2.24) is 14.7 Å². The Kier molecular flexibility index (Phi) is 3.36. The lowest BCUT2D eigenvalue weighted by molar-refractivity contribution is -0.0362. The molecular weight excluding hydrogens is 312 g/mol. The molecule has 19 heavy (non-hydrogen) atoms. The minimum Gasteiger partial charge on any atom is -0.373 e. The molecule has 0 spiro atoms. The zero-order valence-electron chi connectivity index (χ0n) is 11.0. The van der Waals surface area contributed by atoms with E-state index in [4.69, 9.17) is 4.74 Å². The number of ether oxygens (including phenoxy) is 1. The van der Waals surface area contributed by atoms with Gasteiger partial charge in [-0.2, -0.15) is 5.10 Å². The zero-order valence-corrected chi connectivity index (χ0v) is 12.6. The lowest BCUT2D eigenvalue weighted by Gasteiger charge is -2.33. The molecule has 0 radical (unpaired) electrons. The van der Waals surface area contributed by atoms with Crippen LogP contribution in [0.4, 0.5) is 5.69 Å². The van der Waals surface area contributed by atoms with E-state index in [1.165, 1.54) is 4.68 Å². The average Bonchev–Trinajstić information content (AvgIpc) is 2.81. The van der Waals surface area contributed by atoms with Crippen LogP contribution in [0.15, 0.2) is 15.5 Å². The third-order valence-corrected chi connectivity index (χ3v) is 4.72. The first-order chi connectivity index (χ1) is 9.08. The molecule has 2 atom stereocenters. The van der Waals surface area contributed by atoms with Gasteiger partial charge in [-0.05, 0) is 23.0 Å². The highest BCUT2D eigenvalue weighted by molar-refractivity contribution is 9.10. The van der Waals surface area contributed by atoms with Crippen LogP contribution in [-0.4, -0.2) is 60.1 Å². The molecule has 1 aromatic rings. The van der Waals surface area contributed by atoms with Gasteiger partial charge in [-0.15, -0.1) is 0 Å². The number of rotatable bonds is 1. The van der Waals surface area contributed by atoms with Crippen LogP contribution in [-0.2, 0) is 11.8 Å². The second kappa shape index (κ2) is 4.88. The molecule has 104 valence electrons. The van der Waals surface area contributed by atoms with Crippen molar-refractivity contribution in [2.75, 3.05) is 38.2 Å². The van der Waals surface area contributed by atoms with Crippen LogP contribution in [0.3, 0.4) is 0 Å². The number of anilines is 1. The van der Waals surface area contributed by atoms with Gasteiger partial charge in [-0.3, -0.25) is 9.69 Å². The molecule has 3 rings (SSSR count). The van der Waals surface area contributed by atoms with Crippen molar-refractivity contribution in [3.8, 4) is 0 Å². The van der Waals surface area contributed by atoms with Crippen molar-refractivity contribution < 1.29 is 4.74 Å². The van der Waals surface area contributed by atoms with Crippen LogP contribution >= 0.6 is 15.9 Å². The summed E-state index contributed by atoms with van der Waals surface area (Å²) in [5.74, 6) is 0. The molecule has 0 N–H and O–H groups in total. The van der Waals surface area contributed by atoms with Gasteiger partial charge in [-0.1, -0.05) is 0 Å². The largest absolute Gasteiger partial charge is 0.373 e. The van der Waals surface area contributed by atoms with E-state index in [1.54, 1.807) is 13.2 Å². The number of likely N-dealkylation sites (N-methyl/N-ethyl adjacent to an activating group) is 1. The standard InChI is InChI=1S/C12H17BrN4O2/c1-15-3-4-19-10-7-17(6-9(10)15)8-5-14-16(2)12(18)11(8)13/h5,9-10H,3-4,6-7H2,1-2H3. The highest BCUT2D eigenvalue weighted by Gasteiger charge is 2.39. The molecule has 2 unspecified atom stereocenters. The molecule has 2 aliphatic rings. The summed E-state index contributed by atoms with van der Waals surface area (Å²) in [7, 11) is 3.78. The summed E-state index contributed by atoms with van der Waals surface area (Å²) in [6, 6.07) is 0.393. The Labute approximate surface area is 120 Å². The quantitative estimate of drug-likeness (QED) is 0.729. The summed E-state index contributed by atoms with van der Waals surface area (Å²) in [5.41, 5.74) is 0.746. The van der Waals surface area contributed by atoms with E-state index in [0.717, 1.165) is 31.9 Å². The predicted octanol–water partition coefficient (Wildman–Crippen LogP) is 0.0620. The first kappa shape index (κ1) is 13.1. The molecule has 2 fully saturated rings. The van der Waals surface area contributed by atoms with Crippen molar-refractivity contribution in [1.29, 1.82) is 0 Å². The summed E-state index contributed by atoms with van der Waals surface area (Å²) in [6.07, 6.45) is 1.96. The van der Waals surface area contributed by atoms with Crippen LogP contribution in [0, 0.1) is 0 Å². The Morgan fingerprint density at radius 3 is 2.95 bits per heavy atom. The number of nitrogens with zero attached hydrogens (tertiary/aromatic N) is 4. The number of morpholine rings is 1. The SMILES string of the molecule is CN1CCOC2CN(c3cnn(C)c(=O)c3Br)CC21. The van der Waals surface area contributed by atoms with E-state index in [9.17, 15) is 4.79 Å². The van der Waals surface area contributed by atoms with Gasteiger partial charge in [0.1, 0.15) is 4.47 Å². The lowest BCUT2D eigenvalue weighted by atomic mass is 10.1. The molecule has 2 aliphatic heterocycles. The number of fused-ring (bicyclic) bond motifs is 1. The molecule has 0 amide bonds. The van der Waals surface area contributed by atoms with E-state index < -0.39 is 0 Å². The highest BCUT2D eigenvalue weighted by atomic mass is 79.9. The maximum atomic E-state index is 11.9. The lowest BCUT2D eigenvalue weighted by Crippen LogP contribution is -2.48. The van der Waals surface area contributed by atoms with Gasteiger partial charge in [0.15, 0.2) is 0 Å². The van der Waals surface area contributed by atoms with Gasteiger partial charge in [0.05, 0.1) is 30.6 Å². The third-order valence-electron chi connectivity index (χ3n) is 3.98. The van der Waals surface area contributed by atoms with Crippen molar-refractivity contribution in [3.63, 3.8) is 0 Å². The second-order valence-electron chi connectivity index (χ2n) is 5.13. The van der Waals surface area contributed by atoms with Gasteiger partial charge in [-0.25, -0.2) is 4.68 Å². The Bertz CT molecular complexity index is 547. The second-order valence-corrected chi connectivity index (χ2v) is 5.93. The molecule has 0 saturated carbocycles. The number of aryl methyl sites for hydroxylation is 1. The molecule has 0 bridgehead atoms. The van der Waals surface area contributed by atoms with E-state index in [0.29, 0.717) is 10.5 Å². The molecule has 2 saturated heterocycles. The van der Waals surface area contributed by atoms with Crippen LogP contribution in [0.1, 0.15) is 0 Å². The van der Waals surface area contributed by atoms with Crippen molar-refractivity contribution >= 4 is 21.6 Å². The monoisotopic (exact) mass is 328 g/mol. The van der Waals surface area contributed by atoms with Gasteiger partial charge in [0.2, 0.25) is 0 Å². The van der Waals surface area contributed by atoms with Crippen LogP contribution in [0.5, 0.6) is 0 Å². The third kappa shape index (κ3) is 2.19. The van der Waals surface area contributed by atoms with Gasteiger partial charge < -0.3 is 9.64 Å². The molecule has 7 heteroatoms. The minimum atomic E-state index is -0.110. The molecular formula is C12H17BrN4O2. The normalized spacial score (nSPS) is 27.6. The smallest absolute Gasteiger partial charge is 0.282 e. The topological polar surface area (TPSA) is 50.6 Å². The number of halogens is 1. The van der Waals surface area contributed by atoms with Gasteiger partial charge in [0.25, 0.3) is 5.56 Å². The predicted molar refractivity (Wildman–Crippen MR) is 75.5 cm³/mol. The van der Waals surface area contributed by atoms with Gasteiger partial charge in [0, 0.05) is 26.7 Å². The molecule has 3 heterocycles. The summed E-state index contributed by atoms with van der Waals surface area (Å²) >= 11 is 3.39. The minimum absolute atomic E-state index is 0.110. The van der Waals surface area contributed by atoms with Crippen LogP contribution < -0.4 is 10.5 Å². The summed E-state index contributed by atoms with van der Waals surface area (Å²) in [4.78, 5) is 16.4. The van der Waals surface area contributed by atoms with Crippen molar-refractivity contribution in [2.45, 2.75) is 12.1 Å². The Morgan fingerprint density at radius 2 is 2.21 bits per heavy atom. The summed E-state index contributed by atoms with van der Waals surface area (Å²) in [5, 5.41) is 4.10. The molecule has 0 aromatic carbocycles. The van der Waals surface area contributed by atoms with Gasteiger partial charge >= 0.3 is 0 Å². The fraction of sp³-hybridized carbons (Fsp3) is 0.667. The first-order valence-electron chi connectivity index (χ1n) is 6.36. The average molecular weight is 329 g/mol. The number of hydrogen-bond donors (Lipinski definition) is 0. The van der Waals surface area contributed by atoms with E-state index in [2.05, 4.69) is 37.9 Å². The van der Waals surface area contributed by atoms with Crippen LogP contribution in [0.2, 0.25) is 0 Å². The summed E-state index contributed by atoms with van der Waals surface area (Å²) in [6.45, 7) is 3.42. The van der Waals surface area contributed by atoms with Crippen LogP contribution in [0.25, 0.3) is 0 Å². The fourth-order valence-corrected chi connectivity index (χ4v) is 3.39. The Hall–Kier alpha value is -0.920. The molecule has 0 aliphatic carbocycles. The molecule has 6 nitrogen and oxygen atoms in total. The first-order valence-corrected chi connectivity index (χ1v) is 7.16. The number of aromatic nitrogens is 2. The zero-order chi connectivity index (χ0) is 13.6. The maximum Gasteiger partial charge on any atom is 0.282 e. The highest BCUT2D eigenvalue weighted by Crippen LogP contribution is 2.29. The molecule has 1 aromatic heterocycles. The maximum absolute atomic E-state index is 11.9. The van der Waals surface area contributed by atoms with Crippen molar-refractivity contribution in [3.05, 3.63) is 21.0 Å². The van der Waals surface area contributed by atoms with E-state index in [-0.39, 0.29) is 11.7 Å². The Morgan fingerprint density at radius 1 is 1.42 bits per heavy atom. The Balaban J connectivity index is 1.89. The fourth-order valence-electron chi connectivity index (χ4n) is 2.78. The number of hydrogen-bond acceptors (Lipinski definition) is 5. The van der Waals surface area contributed by atoms with Crippen molar-refractivity contribution in [2.24, 2.45) is 7.05 Å². The summed E-state index contributed by atoms with van der Waals surface area (Å²) < 4.78 is 7.72.